The summed E-state index contributed by atoms with van der Waals surface area (Å²) in [6.07, 6.45) is -0.669. The molecule has 198 valence electrons. The number of ether oxygens (including phenoxy) is 2. The zero-order valence-electron chi connectivity index (χ0n) is 21.0. The number of halogens is 2. The summed E-state index contributed by atoms with van der Waals surface area (Å²) in [6.45, 7) is 2.07. The van der Waals surface area contributed by atoms with Gasteiger partial charge in [0.25, 0.3) is 0 Å². The van der Waals surface area contributed by atoms with Crippen LogP contribution >= 0.6 is 0 Å². The average Bonchev–Trinajstić information content (AvgIpc) is 2.93. The number of piperidine rings is 2. The van der Waals surface area contributed by atoms with Crippen LogP contribution in [0.15, 0.2) is 48.8 Å². The molecule has 2 saturated heterocycles. The van der Waals surface area contributed by atoms with Gasteiger partial charge in [0.05, 0.1) is 5.56 Å². The van der Waals surface area contributed by atoms with Crippen LogP contribution in [0.4, 0.5) is 20.4 Å². The Hall–Kier alpha value is -3.88. The lowest BCUT2D eigenvalue weighted by Crippen LogP contribution is -2.45. The van der Waals surface area contributed by atoms with Gasteiger partial charge in [-0.15, -0.1) is 0 Å². The number of hydrogen-bond donors (Lipinski definition) is 2. The lowest BCUT2D eigenvalue weighted by atomic mass is 10.1. The Balaban J connectivity index is 1.25. The lowest BCUT2D eigenvalue weighted by molar-refractivity contribution is 0.0313. The van der Waals surface area contributed by atoms with Crippen molar-refractivity contribution in [1.29, 1.82) is 5.26 Å². The minimum absolute atomic E-state index is 0.234. The molecule has 3 heterocycles. The Kier molecular flexibility index (Phi) is 7.91. The molecule has 1 aromatic heterocycles. The van der Waals surface area contributed by atoms with E-state index in [1.165, 1.54) is 6.33 Å². The quantitative estimate of drug-likeness (QED) is 0.482. The fourth-order valence-electron chi connectivity index (χ4n) is 4.54. The number of anilines is 2. The summed E-state index contributed by atoms with van der Waals surface area (Å²) in [5.41, 5.74) is 1.60. The molecule has 5 rings (SSSR count). The Morgan fingerprint density at radius 2 is 1.87 bits per heavy atom. The summed E-state index contributed by atoms with van der Waals surface area (Å²) in [5.74, 6) is 1.61. The topological polar surface area (TPSA) is 108 Å². The molecule has 4 atom stereocenters. The molecule has 38 heavy (non-hydrogen) atoms. The fraction of sp³-hybridized carbons (Fsp3) is 0.407. The van der Waals surface area contributed by atoms with Gasteiger partial charge in [-0.3, -0.25) is 0 Å². The standard InChI is InChI=1S/C27H29F2N7O2/c1-36-11-9-25(22(29)15-36)37-20-5-3-19(4-6-20)34-27-33-16-32-26(35-27)17-2-7-23(18(12-17)13-30)38-24-8-10-31-14-21(24)28/h2-7,12,16,21-22,24-25,31H,8-11,14-15H2,1H3,(H,32,33,34,35)/t21-,22-,24+,25+/m1/s1. The van der Waals surface area contributed by atoms with Crippen LogP contribution in [0.1, 0.15) is 18.4 Å². The third-order valence-corrected chi connectivity index (χ3v) is 6.64. The number of nitrogens with one attached hydrogen (secondary N) is 2. The zero-order valence-corrected chi connectivity index (χ0v) is 21.0. The lowest BCUT2D eigenvalue weighted by Gasteiger charge is -2.32. The second-order valence-corrected chi connectivity index (χ2v) is 9.49. The molecule has 3 aromatic rings. The van der Waals surface area contributed by atoms with E-state index >= 15 is 0 Å². The van der Waals surface area contributed by atoms with Gasteiger partial charge in [-0.1, -0.05) is 0 Å². The van der Waals surface area contributed by atoms with Crippen molar-refractivity contribution in [3.63, 3.8) is 0 Å². The number of benzene rings is 2. The van der Waals surface area contributed by atoms with Crippen molar-refractivity contribution in [2.75, 3.05) is 38.5 Å². The molecule has 2 fully saturated rings. The zero-order chi connectivity index (χ0) is 26.5. The summed E-state index contributed by atoms with van der Waals surface area (Å²) in [5, 5.41) is 15.8. The van der Waals surface area contributed by atoms with Crippen LogP contribution in [0.3, 0.4) is 0 Å². The summed E-state index contributed by atoms with van der Waals surface area (Å²) < 4.78 is 40.1. The molecule has 0 radical (unpaired) electrons. The first kappa shape index (κ1) is 25.8. The molecule has 2 aliphatic heterocycles. The minimum Gasteiger partial charge on any atom is -0.487 e. The third kappa shape index (κ3) is 6.15. The van der Waals surface area contributed by atoms with Crippen molar-refractivity contribution in [2.24, 2.45) is 0 Å². The third-order valence-electron chi connectivity index (χ3n) is 6.64. The monoisotopic (exact) mass is 521 g/mol. The number of aromatic nitrogens is 3. The minimum atomic E-state index is -1.14. The van der Waals surface area contributed by atoms with E-state index in [0.717, 1.165) is 12.2 Å². The summed E-state index contributed by atoms with van der Waals surface area (Å²) in [7, 11) is 1.90. The predicted molar refractivity (Wildman–Crippen MR) is 138 cm³/mol. The van der Waals surface area contributed by atoms with Crippen molar-refractivity contribution >= 4 is 11.6 Å². The maximum absolute atomic E-state index is 14.3. The molecule has 2 aliphatic rings. The average molecular weight is 522 g/mol. The second-order valence-electron chi connectivity index (χ2n) is 9.49. The number of nitrogens with zero attached hydrogens (tertiary/aromatic N) is 5. The van der Waals surface area contributed by atoms with Crippen LogP contribution in [0.2, 0.25) is 0 Å². The first-order chi connectivity index (χ1) is 18.5. The molecule has 0 spiro atoms. The Morgan fingerprint density at radius 3 is 2.63 bits per heavy atom. The number of hydrogen-bond acceptors (Lipinski definition) is 9. The highest BCUT2D eigenvalue weighted by Crippen LogP contribution is 2.28. The van der Waals surface area contributed by atoms with Gasteiger partial charge in [0.15, 0.2) is 5.82 Å². The SMILES string of the molecule is CN1CC[C@H](Oc2ccc(Nc3ncnc(-c4ccc(O[C@H]5CCNC[C@H]5F)c(C#N)c4)n3)cc2)[C@H](F)C1. The van der Waals surface area contributed by atoms with Crippen LogP contribution in [-0.4, -0.2) is 77.6 Å². The predicted octanol–water partition coefficient (Wildman–Crippen LogP) is 3.65. The number of rotatable bonds is 7. The van der Waals surface area contributed by atoms with Gasteiger partial charge in [0.1, 0.15) is 48.4 Å². The van der Waals surface area contributed by atoms with Gasteiger partial charge < -0.3 is 25.0 Å². The maximum atomic E-state index is 14.3. The van der Waals surface area contributed by atoms with Gasteiger partial charge >= 0.3 is 0 Å². The highest BCUT2D eigenvalue weighted by Gasteiger charge is 2.29. The normalized spacial score (nSPS) is 23.8. The molecule has 0 aliphatic carbocycles. The van der Waals surface area contributed by atoms with E-state index in [2.05, 4.69) is 31.7 Å². The van der Waals surface area contributed by atoms with Crippen molar-refractivity contribution in [1.82, 2.24) is 25.2 Å². The van der Waals surface area contributed by atoms with Gasteiger partial charge in [-0.05, 0) is 68.9 Å². The number of likely N-dealkylation sites (tertiary alicyclic amines) is 1. The second kappa shape index (κ2) is 11.7. The maximum Gasteiger partial charge on any atom is 0.230 e. The van der Waals surface area contributed by atoms with E-state index in [1.54, 1.807) is 42.5 Å². The van der Waals surface area contributed by atoms with Crippen molar-refractivity contribution in [2.45, 2.75) is 37.4 Å². The summed E-state index contributed by atoms with van der Waals surface area (Å²) >= 11 is 0. The van der Waals surface area contributed by atoms with Crippen molar-refractivity contribution in [3.05, 3.63) is 54.4 Å². The number of nitriles is 1. The van der Waals surface area contributed by atoms with E-state index in [4.69, 9.17) is 9.47 Å². The van der Waals surface area contributed by atoms with Crippen molar-refractivity contribution in [3.8, 4) is 29.0 Å². The summed E-state index contributed by atoms with van der Waals surface area (Å²) in [4.78, 5) is 14.8. The Bertz CT molecular complexity index is 1290. The highest BCUT2D eigenvalue weighted by atomic mass is 19.1. The molecule has 11 heteroatoms. The van der Waals surface area contributed by atoms with Gasteiger partial charge in [0.2, 0.25) is 5.95 Å². The Morgan fingerprint density at radius 1 is 1.05 bits per heavy atom. The summed E-state index contributed by atoms with van der Waals surface area (Å²) in [6, 6.07) is 14.3. The fourth-order valence-corrected chi connectivity index (χ4v) is 4.54. The molecule has 2 N–H and O–H groups in total. The van der Waals surface area contributed by atoms with Gasteiger partial charge in [0, 0.05) is 30.9 Å². The van der Waals surface area contributed by atoms with Crippen molar-refractivity contribution < 1.29 is 18.3 Å². The first-order valence-corrected chi connectivity index (χ1v) is 12.6. The molecule has 0 unspecified atom stereocenters. The largest absolute Gasteiger partial charge is 0.487 e. The van der Waals surface area contributed by atoms with E-state index in [-0.39, 0.29) is 12.1 Å². The van der Waals surface area contributed by atoms with E-state index in [9.17, 15) is 14.0 Å². The molecular formula is C27H29F2N7O2. The molecular weight excluding hydrogens is 492 g/mol. The molecule has 9 nitrogen and oxygen atoms in total. The smallest absolute Gasteiger partial charge is 0.230 e. The molecule has 0 saturated carbocycles. The van der Waals surface area contributed by atoms with Crippen LogP contribution in [0.5, 0.6) is 11.5 Å². The van der Waals surface area contributed by atoms with Crippen LogP contribution in [-0.2, 0) is 0 Å². The molecule has 0 amide bonds. The highest BCUT2D eigenvalue weighted by molar-refractivity contribution is 5.63. The Labute approximate surface area is 219 Å². The molecule has 2 aromatic carbocycles. The van der Waals surface area contributed by atoms with Gasteiger partial charge in [-0.2, -0.15) is 10.2 Å². The van der Waals surface area contributed by atoms with Crippen LogP contribution in [0.25, 0.3) is 11.4 Å². The molecule has 0 bridgehead atoms. The van der Waals surface area contributed by atoms with E-state index in [1.807, 2.05) is 11.9 Å². The van der Waals surface area contributed by atoms with Gasteiger partial charge in [-0.25, -0.2) is 18.7 Å². The van der Waals surface area contributed by atoms with E-state index < -0.39 is 24.6 Å². The number of alkyl halides is 2. The van der Waals surface area contributed by atoms with E-state index in [0.29, 0.717) is 54.8 Å². The van der Waals surface area contributed by atoms with Crippen LogP contribution in [0, 0.1) is 11.3 Å². The van der Waals surface area contributed by atoms with Crippen LogP contribution < -0.4 is 20.1 Å². The first-order valence-electron chi connectivity index (χ1n) is 12.6.